The minimum absolute atomic E-state index is 0.0322. The molecule has 0 saturated carbocycles. The van der Waals surface area contributed by atoms with Gasteiger partial charge in [0.05, 0.1) is 0 Å². The van der Waals surface area contributed by atoms with Gasteiger partial charge in [0.25, 0.3) is 0 Å². The number of alkyl halides is 1. The number of benzene rings is 2. The Labute approximate surface area is 121 Å². The number of nitrogens with zero attached hydrogens (tertiary/aromatic N) is 1. The van der Waals surface area contributed by atoms with E-state index >= 15 is 0 Å². The van der Waals surface area contributed by atoms with Gasteiger partial charge in [0.2, 0.25) is 0 Å². The number of hydrogen-bond donors (Lipinski definition) is 0. The van der Waals surface area contributed by atoms with Crippen molar-refractivity contribution in [3.8, 4) is 0 Å². The fraction of sp³-hybridized carbons (Fsp3) is 0.188. The lowest BCUT2D eigenvalue weighted by molar-refractivity contribution is -0.00305. The van der Waals surface area contributed by atoms with E-state index in [1.165, 1.54) is 0 Å². The quantitative estimate of drug-likeness (QED) is 0.765. The third kappa shape index (κ3) is 2.08. The fourth-order valence-electron chi connectivity index (χ4n) is 2.27. The first-order valence-electron chi connectivity index (χ1n) is 6.23. The van der Waals surface area contributed by atoms with Gasteiger partial charge in [-0.05, 0) is 12.5 Å². The second-order valence-electron chi connectivity index (χ2n) is 4.77. The van der Waals surface area contributed by atoms with Gasteiger partial charge in [-0.25, -0.2) is 0 Å². The van der Waals surface area contributed by atoms with Crippen LogP contribution in [0.1, 0.15) is 18.1 Å². The molecule has 0 aliphatic carbocycles. The molecule has 2 aromatic carbocycles. The summed E-state index contributed by atoms with van der Waals surface area (Å²) in [6.45, 7) is 2.06. The third-order valence-electron chi connectivity index (χ3n) is 3.47. The Morgan fingerprint density at radius 1 is 1.00 bits per heavy atom. The largest absolute Gasteiger partial charge is 0.383 e. The molecule has 0 saturated heterocycles. The molecule has 2 unspecified atom stereocenters. The molecule has 0 fully saturated rings. The van der Waals surface area contributed by atoms with Crippen LogP contribution in [0.5, 0.6) is 0 Å². The molecule has 0 amide bonds. The molecule has 1 aliphatic heterocycles. The van der Waals surface area contributed by atoms with Crippen LogP contribution in [0.4, 0.5) is 0 Å². The van der Waals surface area contributed by atoms with Crippen LogP contribution in [0.3, 0.4) is 0 Å². The van der Waals surface area contributed by atoms with Gasteiger partial charge < -0.3 is 4.84 Å². The Kier molecular flexibility index (Phi) is 3.15. The summed E-state index contributed by atoms with van der Waals surface area (Å²) in [5, 5.41) is 4.29. The van der Waals surface area contributed by atoms with Crippen molar-refractivity contribution >= 4 is 21.6 Å². The maximum Gasteiger partial charge on any atom is 0.178 e. The van der Waals surface area contributed by atoms with Crippen molar-refractivity contribution in [1.82, 2.24) is 0 Å². The molecule has 3 heteroatoms. The van der Waals surface area contributed by atoms with Crippen molar-refractivity contribution in [2.45, 2.75) is 17.4 Å². The van der Waals surface area contributed by atoms with Crippen LogP contribution in [0.25, 0.3) is 0 Å². The van der Waals surface area contributed by atoms with Gasteiger partial charge in [-0.15, -0.1) is 0 Å². The molecule has 2 aromatic rings. The van der Waals surface area contributed by atoms with Gasteiger partial charge in [0, 0.05) is 5.56 Å². The average Bonchev–Trinajstić information content (AvgIpc) is 2.78. The Morgan fingerprint density at radius 2 is 1.58 bits per heavy atom. The minimum atomic E-state index is -0.466. The minimum Gasteiger partial charge on any atom is -0.383 e. The van der Waals surface area contributed by atoms with E-state index in [2.05, 4.69) is 40.1 Å². The molecule has 1 heterocycles. The maximum atomic E-state index is 5.75. The standard InChI is InChI=1S/C16H14BrNO/c1-16(13-10-6-3-7-11-13)15(17)14(18-19-16)12-8-4-2-5-9-12/h2-11,15H,1H3. The molecule has 1 aliphatic rings. The zero-order chi connectivity index (χ0) is 13.3. The monoisotopic (exact) mass is 315 g/mol. The first-order valence-corrected chi connectivity index (χ1v) is 7.14. The van der Waals surface area contributed by atoms with Crippen molar-refractivity contribution in [2.24, 2.45) is 5.16 Å². The lowest BCUT2D eigenvalue weighted by Gasteiger charge is -2.26. The summed E-state index contributed by atoms with van der Waals surface area (Å²) in [6.07, 6.45) is 0. The van der Waals surface area contributed by atoms with E-state index in [-0.39, 0.29) is 4.83 Å². The van der Waals surface area contributed by atoms with Gasteiger partial charge in [-0.2, -0.15) is 0 Å². The first-order chi connectivity index (χ1) is 9.22. The highest BCUT2D eigenvalue weighted by Gasteiger charge is 2.45. The fourth-order valence-corrected chi connectivity index (χ4v) is 2.97. The molecule has 0 spiro atoms. The van der Waals surface area contributed by atoms with Gasteiger partial charge in [-0.1, -0.05) is 81.7 Å². The number of rotatable bonds is 2. The molecule has 2 nitrogen and oxygen atoms in total. The van der Waals surface area contributed by atoms with Crippen molar-refractivity contribution in [2.75, 3.05) is 0 Å². The molecule has 0 bridgehead atoms. The smallest absolute Gasteiger partial charge is 0.178 e. The number of oxime groups is 1. The first kappa shape index (κ1) is 12.4. The van der Waals surface area contributed by atoms with Crippen LogP contribution >= 0.6 is 15.9 Å². The zero-order valence-corrected chi connectivity index (χ0v) is 12.2. The van der Waals surface area contributed by atoms with Crippen molar-refractivity contribution in [3.63, 3.8) is 0 Å². The van der Waals surface area contributed by atoms with E-state index in [4.69, 9.17) is 4.84 Å². The molecule has 0 aromatic heterocycles. The summed E-state index contributed by atoms with van der Waals surface area (Å²) < 4.78 is 0. The summed E-state index contributed by atoms with van der Waals surface area (Å²) in [6, 6.07) is 20.3. The molecule has 96 valence electrons. The molecular formula is C16H14BrNO. The Morgan fingerprint density at radius 3 is 2.21 bits per heavy atom. The van der Waals surface area contributed by atoms with E-state index in [1.54, 1.807) is 0 Å². The predicted molar refractivity (Wildman–Crippen MR) is 80.6 cm³/mol. The summed E-state index contributed by atoms with van der Waals surface area (Å²) in [4.78, 5) is 5.78. The predicted octanol–water partition coefficient (Wildman–Crippen LogP) is 4.10. The highest BCUT2D eigenvalue weighted by Crippen LogP contribution is 2.40. The lowest BCUT2D eigenvalue weighted by atomic mass is 9.89. The van der Waals surface area contributed by atoms with E-state index < -0.39 is 5.60 Å². The normalized spacial score (nSPS) is 25.8. The Bertz CT molecular complexity index is 597. The topological polar surface area (TPSA) is 21.6 Å². The highest BCUT2D eigenvalue weighted by atomic mass is 79.9. The summed E-state index contributed by atoms with van der Waals surface area (Å²) in [5.74, 6) is 0. The summed E-state index contributed by atoms with van der Waals surface area (Å²) in [5.41, 5.74) is 2.68. The Balaban J connectivity index is 1.95. The van der Waals surface area contributed by atoms with Crippen molar-refractivity contribution in [1.29, 1.82) is 0 Å². The second kappa shape index (κ2) is 4.82. The molecule has 3 rings (SSSR count). The van der Waals surface area contributed by atoms with Crippen molar-refractivity contribution in [3.05, 3.63) is 71.8 Å². The maximum absolute atomic E-state index is 5.75. The van der Waals surface area contributed by atoms with Crippen LogP contribution in [0.15, 0.2) is 65.8 Å². The number of halogens is 1. The van der Waals surface area contributed by atoms with E-state index in [0.717, 1.165) is 16.8 Å². The second-order valence-corrected chi connectivity index (χ2v) is 5.69. The van der Waals surface area contributed by atoms with Gasteiger partial charge in [-0.3, -0.25) is 0 Å². The lowest BCUT2D eigenvalue weighted by Crippen LogP contribution is -2.34. The van der Waals surface area contributed by atoms with Crippen LogP contribution in [0, 0.1) is 0 Å². The zero-order valence-electron chi connectivity index (χ0n) is 10.6. The summed E-state index contributed by atoms with van der Waals surface area (Å²) >= 11 is 3.74. The van der Waals surface area contributed by atoms with E-state index in [0.29, 0.717) is 0 Å². The molecular weight excluding hydrogens is 302 g/mol. The van der Waals surface area contributed by atoms with Crippen molar-refractivity contribution < 1.29 is 4.84 Å². The molecule has 2 atom stereocenters. The van der Waals surface area contributed by atoms with Crippen LogP contribution in [-0.2, 0) is 10.4 Å². The Hall–Kier alpha value is -1.61. The van der Waals surface area contributed by atoms with E-state index in [1.807, 2.05) is 48.5 Å². The van der Waals surface area contributed by atoms with Crippen LogP contribution in [0.2, 0.25) is 0 Å². The van der Waals surface area contributed by atoms with Gasteiger partial charge in [0.15, 0.2) is 5.60 Å². The van der Waals surface area contributed by atoms with E-state index in [9.17, 15) is 0 Å². The molecule has 0 N–H and O–H groups in total. The average molecular weight is 316 g/mol. The molecule has 0 radical (unpaired) electrons. The van der Waals surface area contributed by atoms with Gasteiger partial charge >= 0.3 is 0 Å². The highest BCUT2D eigenvalue weighted by molar-refractivity contribution is 9.10. The summed E-state index contributed by atoms with van der Waals surface area (Å²) in [7, 11) is 0. The SMILES string of the molecule is CC1(c2ccccc2)ON=C(c2ccccc2)C1Br. The van der Waals surface area contributed by atoms with Gasteiger partial charge in [0.1, 0.15) is 10.5 Å². The third-order valence-corrected chi connectivity index (χ3v) is 4.78. The molecule has 19 heavy (non-hydrogen) atoms. The van der Waals surface area contributed by atoms with Crippen LogP contribution < -0.4 is 0 Å². The van der Waals surface area contributed by atoms with Crippen LogP contribution in [-0.4, -0.2) is 10.5 Å². The number of hydrogen-bond acceptors (Lipinski definition) is 2.